The van der Waals surface area contributed by atoms with Crippen molar-refractivity contribution in [1.29, 1.82) is 0 Å². The topological polar surface area (TPSA) is 66.2 Å². The Labute approximate surface area is 209 Å². The first kappa shape index (κ1) is 23.7. The third kappa shape index (κ3) is 4.16. The molecule has 0 unspecified atom stereocenters. The van der Waals surface area contributed by atoms with Gasteiger partial charge in [-0.1, -0.05) is 48.0 Å². The van der Waals surface area contributed by atoms with Crippen LogP contribution in [0.3, 0.4) is 0 Å². The third-order valence-electron chi connectivity index (χ3n) is 6.88. The van der Waals surface area contributed by atoms with Gasteiger partial charge in [0.1, 0.15) is 22.7 Å². The van der Waals surface area contributed by atoms with E-state index in [9.17, 15) is 9.90 Å². The summed E-state index contributed by atoms with van der Waals surface area (Å²) in [4.78, 5) is 17.8. The molecule has 0 radical (unpaired) electrons. The molecule has 1 saturated heterocycles. The Bertz CT molecular complexity index is 1390. The molecule has 1 aliphatic heterocycles. The van der Waals surface area contributed by atoms with Crippen LogP contribution < -0.4 is 0 Å². The van der Waals surface area contributed by atoms with Crippen molar-refractivity contribution in [1.82, 2.24) is 9.80 Å². The van der Waals surface area contributed by atoms with Gasteiger partial charge >= 0.3 is 5.97 Å². The first-order valence-corrected chi connectivity index (χ1v) is 12.3. The van der Waals surface area contributed by atoms with Gasteiger partial charge in [0.05, 0.1) is 12.6 Å². The number of benzene rings is 3. The van der Waals surface area contributed by atoms with Crippen LogP contribution in [0.4, 0.5) is 0 Å². The standard InChI is InChI=1S/C28H29ClN2O4/c1-4-34-28(33)22-17(2)35-27-21-8-6-5-7-20(21)26(32)24(23(22)27)25(18-9-11-19(29)12-10-18)31-15-13-30(3)14-16-31/h5-12,25,32H,4,13-16H2,1-3H3/t25-/m0/s1. The summed E-state index contributed by atoms with van der Waals surface area (Å²) in [5, 5.41) is 14.5. The largest absolute Gasteiger partial charge is 0.507 e. The molecule has 0 aliphatic carbocycles. The number of likely N-dealkylation sites (N-methyl/N-ethyl adjacent to an activating group) is 1. The fourth-order valence-corrected chi connectivity index (χ4v) is 5.27. The summed E-state index contributed by atoms with van der Waals surface area (Å²) >= 11 is 6.23. The zero-order valence-electron chi connectivity index (χ0n) is 20.2. The van der Waals surface area contributed by atoms with Crippen molar-refractivity contribution >= 4 is 39.3 Å². The van der Waals surface area contributed by atoms with Gasteiger partial charge in [-0.15, -0.1) is 0 Å². The van der Waals surface area contributed by atoms with Crippen molar-refractivity contribution in [2.24, 2.45) is 0 Å². The van der Waals surface area contributed by atoms with Gasteiger partial charge < -0.3 is 19.2 Å². The molecule has 1 aromatic heterocycles. The highest BCUT2D eigenvalue weighted by Crippen LogP contribution is 2.47. The average molecular weight is 493 g/mol. The number of esters is 1. The molecule has 7 heteroatoms. The lowest BCUT2D eigenvalue weighted by atomic mass is 9.88. The van der Waals surface area contributed by atoms with Crippen LogP contribution in [-0.2, 0) is 4.74 Å². The summed E-state index contributed by atoms with van der Waals surface area (Å²) in [6, 6.07) is 15.0. The molecule has 0 amide bonds. The second kappa shape index (κ2) is 9.53. The molecule has 6 nitrogen and oxygen atoms in total. The van der Waals surface area contributed by atoms with E-state index in [2.05, 4.69) is 16.8 Å². The van der Waals surface area contributed by atoms with E-state index in [1.54, 1.807) is 13.8 Å². The third-order valence-corrected chi connectivity index (χ3v) is 7.13. The Hall–Kier alpha value is -3.06. The highest BCUT2D eigenvalue weighted by molar-refractivity contribution is 6.30. The lowest BCUT2D eigenvalue weighted by molar-refractivity contribution is 0.0526. The highest BCUT2D eigenvalue weighted by atomic mass is 35.5. The number of piperazine rings is 1. The number of halogens is 1. The van der Waals surface area contributed by atoms with E-state index >= 15 is 0 Å². The number of aryl methyl sites for hydroxylation is 1. The van der Waals surface area contributed by atoms with Crippen LogP contribution in [0.5, 0.6) is 5.75 Å². The Morgan fingerprint density at radius 1 is 1.09 bits per heavy atom. The molecule has 1 atom stereocenters. The Morgan fingerprint density at radius 2 is 1.74 bits per heavy atom. The van der Waals surface area contributed by atoms with Crippen LogP contribution in [0.1, 0.15) is 40.2 Å². The van der Waals surface area contributed by atoms with Crippen LogP contribution in [0.15, 0.2) is 52.9 Å². The van der Waals surface area contributed by atoms with Gasteiger partial charge in [-0.25, -0.2) is 4.79 Å². The molecule has 1 aliphatic rings. The van der Waals surface area contributed by atoms with E-state index in [-0.39, 0.29) is 18.4 Å². The van der Waals surface area contributed by atoms with E-state index in [0.717, 1.165) is 37.1 Å². The number of hydrogen-bond donors (Lipinski definition) is 1. The van der Waals surface area contributed by atoms with Gasteiger partial charge in [-0.05, 0) is 38.6 Å². The van der Waals surface area contributed by atoms with Crippen molar-refractivity contribution in [2.75, 3.05) is 39.8 Å². The minimum atomic E-state index is -0.451. The second-order valence-corrected chi connectivity index (χ2v) is 9.50. The Kier molecular flexibility index (Phi) is 6.45. The zero-order valence-corrected chi connectivity index (χ0v) is 20.9. The summed E-state index contributed by atoms with van der Waals surface area (Å²) in [6.07, 6.45) is 0. The molecule has 4 aromatic rings. The van der Waals surface area contributed by atoms with Crippen LogP contribution in [0.2, 0.25) is 5.02 Å². The molecule has 0 bridgehead atoms. The number of carbonyl (C=O) groups is 1. The van der Waals surface area contributed by atoms with Crippen LogP contribution in [-0.4, -0.2) is 60.7 Å². The fourth-order valence-electron chi connectivity index (χ4n) is 5.14. The minimum absolute atomic E-state index is 0.151. The number of phenols is 1. The van der Waals surface area contributed by atoms with Crippen LogP contribution >= 0.6 is 11.6 Å². The molecular formula is C28H29ClN2O4. The average Bonchev–Trinajstić information content (AvgIpc) is 3.20. The number of carbonyl (C=O) groups excluding carboxylic acids is 1. The maximum Gasteiger partial charge on any atom is 0.342 e. The van der Waals surface area contributed by atoms with Gasteiger partial charge in [-0.3, -0.25) is 4.90 Å². The monoisotopic (exact) mass is 492 g/mol. The number of hydrogen-bond acceptors (Lipinski definition) is 6. The number of fused-ring (bicyclic) bond motifs is 3. The second-order valence-electron chi connectivity index (χ2n) is 9.06. The summed E-state index contributed by atoms with van der Waals surface area (Å²) in [5.74, 6) is 0.176. The molecule has 1 N–H and O–H groups in total. The number of aromatic hydroxyl groups is 1. The van der Waals surface area contributed by atoms with Crippen molar-refractivity contribution < 1.29 is 19.1 Å². The van der Waals surface area contributed by atoms with E-state index in [1.807, 2.05) is 48.5 Å². The summed E-state index contributed by atoms with van der Waals surface area (Å²) in [6.45, 7) is 7.22. The highest BCUT2D eigenvalue weighted by Gasteiger charge is 2.34. The molecule has 35 heavy (non-hydrogen) atoms. The van der Waals surface area contributed by atoms with Gasteiger partial charge in [0.2, 0.25) is 0 Å². The molecule has 5 rings (SSSR count). The molecule has 0 saturated carbocycles. The normalized spacial score (nSPS) is 16.1. The molecule has 182 valence electrons. The molecule has 2 heterocycles. The van der Waals surface area contributed by atoms with E-state index in [4.69, 9.17) is 20.8 Å². The fraction of sp³-hybridized carbons (Fsp3) is 0.321. The molecular weight excluding hydrogens is 464 g/mol. The molecule has 0 spiro atoms. The SMILES string of the molecule is CCOC(=O)c1c(C)oc2c1c([C@H](c1ccc(Cl)cc1)N1CCN(C)CC1)c(O)c1ccccc12. The summed E-state index contributed by atoms with van der Waals surface area (Å²) in [7, 11) is 2.11. The number of nitrogens with zero attached hydrogens (tertiary/aromatic N) is 2. The van der Waals surface area contributed by atoms with Crippen molar-refractivity contribution in [3.05, 3.63) is 76.0 Å². The maximum absolute atomic E-state index is 13.2. The van der Waals surface area contributed by atoms with Crippen molar-refractivity contribution in [3.63, 3.8) is 0 Å². The molecule has 3 aromatic carbocycles. The number of furan rings is 1. The predicted octanol–water partition coefficient (Wildman–Crippen LogP) is 5.77. The summed E-state index contributed by atoms with van der Waals surface area (Å²) < 4.78 is 11.6. The number of ether oxygens (including phenoxy) is 1. The van der Waals surface area contributed by atoms with Gasteiger partial charge in [-0.2, -0.15) is 0 Å². The van der Waals surface area contributed by atoms with E-state index in [1.165, 1.54) is 0 Å². The van der Waals surface area contributed by atoms with Crippen molar-refractivity contribution in [2.45, 2.75) is 19.9 Å². The first-order chi connectivity index (χ1) is 16.9. The first-order valence-electron chi connectivity index (χ1n) is 11.9. The van der Waals surface area contributed by atoms with Gasteiger partial charge in [0, 0.05) is 52.9 Å². The molecule has 1 fully saturated rings. The minimum Gasteiger partial charge on any atom is -0.507 e. The quantitative estimate of drug-likeness (QED) is 0.357. The predicted molar refractivity (Wildman–Crippen MR) is 138 cm³/mol. The Morgan fingerprint density at radius 3 is 2.40 bits per heavy atom. The summed E-state index contributed by atoms with van der Waals surface area (Å²) in [5.41, 5.74) is 2.60. The Balaban J connectivity index is 1.87. The number of rotatable bonds is 5. The van der Waals surface area contributed by atoms with Gasteiger partial charge in [0.25, 0.3) is 0 Å². The van der Waals surface area contributed by atoms with E-state index < -0.39 is 5.97 Å². The van der Waals surface area contributed by atoms with Crippen LogP contribution in [0.25, 0.3) is 21.7 Å². The maximum atomic E-state index is 13.2. The lowest BCUT2D eigenvalue weighted by Gasteiger charge is -2.39. The van der Waals surface area contributed by atoms with Crippen molar-refractivity contribution in [3.8, 4) is 5.75 Å². The zero-order chi connectivity index (χ0) is 24.7. The van der Waals surface area contributed by atoms with Crippen LogP contribution in [0, 0.1) is 6.92 Å². The van der Waals surface area contributed by atoms with E-state index in [0.29, 0.717) is 38.3 Å². The lowest BCUT2D eigenvalue weighted by Crippen LogP contribution is -2.46. The smallest absolute Gasteiger partial charge is 0.342 e. The number of phenolic OH excluding ortho intramolecular Hbond substituents is 1. The van der Waals surface area contributed by atoms with Gasteiger partial charge in [0.15, 0.2) is 0 Å².